The Morgan fingerprint density at radius 1 is 1.40 bits per heavy atom. The van der Waals surface area contributed by atoms with Crippen molar-refractivity contribution in [2.45, 2.75) is 6.18 Å². The highest BCUT2D eigenvalue weighted by Gasteiger charge is 2.34. The van der Waals surface area contributed by atoms with Gasteiger partial charge in [-0.2, -0.15) is 13.2 Å². The molecule has 0 bridgehead atoms. The molecule has 0 aliphatic rings. The molecule has 1 amide bonds. The highest BCUT2D eigenvalue weighted by Crippen LogP contribution is 2.25. The number of rotatable bonds is 5. The van der Waals surface area contributed by atoms with Gasteiger partial charge < -0.3 is 14.7 Å². The highest BCUT2D eigenvalue weighted by atomic mass is 19.4. The Morgan fingerprint density at radius 3 is 2.55 bits per heavy atom. The first-order valence-electron chi connectivity index (χ1n) is 5.59. The summed E-state index contributed by atoms with van der Waals surface area (Å²) in [4.78, 5) is 12.3. The third-order valence-corrected chi connectivity index (χ3v) is 2.44. The van der Waals surface area contributed by atoms with E-state index in [0.717, 1.165) is 6.07 Å². The predicted molar refractivity (Wildman–Crippen MR) is 62.0 cm³/mol. The summed E-state index contributed by atoms with van der Waals surface area (Å²) in [7, 11) is 1.17. The maximum absolute atomic E-state index is 13.6. The Morgan fingerprint density at radius 2 is 2.05 bits per heavy atom. The molecule has 0 heterocycles. The maximum atomic E-state index is 13.6. The van der Waals surface area contributed by atoms with Gasteiger partial charge in [0.2, 0.25) is 0 Å². The molecule has 0 aromatic heterocycles. The number of ether oxygens (including phenoxy) is 1. The number of alkyl halides is 3. The molecular weight excluding hydrogens is 282 g/mol. The molecule has 112 valence electrons. The first-order valence-corrected chi connectivity index (χ1v) is 5.59. The minimum absolute atomic E-state index is 0.167. The SMILES string of the molecule is COc1cccc(F)c1C(=O)N(CCO)CC(F)(F)F. The van der Waals surface area contributed by atoms with Gasteiger partial charge in [-0.15, -0.1) is 0 Å². The minimum Gasteiger partial charge on any atom is -0.496 e. The van der Waals surface area contributed by atoms with Crippen molar-refractivity contribution in [1.29, 1.82) is 0 Å². The van der Waals surface area contributed by atoms with Gasteiger partial charge in [-0.05, 0) is 12.1 Å². The van der Waals surface area contributed by atoms with Crippen LogP contribution in [-0.2, 0) is 0 Å². The first kappa shape index (κ1) is 16.2. The van der Waals surface area contributed by atoms with Crippen molar-refractivity contribution in [3.05, 3.63) is 29.6 Å². The predicted octanol–water partition coefficient (Wildman–Crippen LogP) is 1.83. The zero-order chi connectivity index (χ0) is 15.3. The summed E-state index contributed by atoms with van der Waals surface area (Å²) < 4.78 is 55.6. The quantitative estimate of drug-likeness (QED) is 0.843. The Kier molecular flexibility index (Phi) is 5.32. The molecule has 1 N–H and O–H groups in total. The summed E-state index contributed by atoms with van der Waals surface area (Å²) in [6, 6.07) is 3.48. The van der Waals surface area contributed by atoms with Crippen LogP contribution in [0.1, 0.15) is 10.4 Å². The van der Waals surface area contributed by atoms with Gasteiger partial charge in [-0.1, -0.05) is 6.07 Å². The normalized spacial score (nSPS) is 11.3. The molecular formula is C12H13F4NO3. The van der Waals surface area contributed by atoms with Gasteiger partial charge in [0.1, 0.15) is 23.7 Å². The lowest BCUT2D eigenvalue weighted by Gasteiger charge is -2.24. The molecule has 0 aliphatic carbocycles. The van der Waals surface area contributed by atoms with Crippen LogP contribution in [0.25, 0.3) is 0 Å². The largest absolute Gasteiger partial charge is 0.496 e. The molecule has 0 aliphatic heterocycles. The second kappa shape index (κ2) is 6.56. The van der Waals surface area contributed by atoms with Crippen LogP contribution < -0.4 is 4.74 Å². The number of amides is 1. The van der Waals surface area contributed by atoms with Crippen LogP contribution in [0, 0.1) is 5.82 Å². The van der Waals surface area contributed by atoms with Crippen molar-refractivity contribution in [2.24, 2.45) is 0 Å². The van der Waals surface area contributed by atoms with Gasteiger partial charge in [0, 0.05) is 6.54 Å². The van der Waals surface area contributed by atoms with E-state index in [1.807, 2.05) is 0 Å². The number of nitrogens with zero attached hydrogens (tertiary/aromatic N) is 1. The Labute approximate surface area is 112 Å². The van der Waals surface area contributed by atoms with Crippen molar-refractivity contribution in [2.75, 3.05) is 26.8 Å². The monoisotopic (exact) mass is 295 g/mol. The molecule has 0 unspecified atom stereocenters. The van der Waals surface area contributed by atoms with Gasteiger partial charge >= 0.3 is 6.18 Å². The molecule has 1 rings (SSSR count). The van der Waals surface area contributed by atoms with E-state index in [2.05, 4.69) is 0 Å². The lowest BCUT2D eigenvalue weighted by molar-refractivity contribution is -0.141. The average Bonchev–Trinajstić information content (AvgIpc) is 2.35. The third-order valence-electron chi connectivity index (χ3n) is 2.44. The molecule has 0 spiro atoms. The molecule has 8 heteroatoms. The Bertz CT molecular complexity index is 476. The minimum atomic E-state index is -4.65. The summed E-state index contributed by atoms with van der Waals surface area (Å²) in [5.41, 5.74) is -0.590. The van der Waals surface area contributed by atoms with Crippen molar-refractivity contribution >= 4 is 5.91 Å². The van der Waals surface area contributed by atoms with Gasteiger partial charge in [0.05, 0.1) is 13.7 Å². The molecule has 0 radical (unpaired) electrons. The van der Waals surface area contributed by atoms with Crippen molar-refractivity contribution < 1.29 is 32.2 Å². The van der Waals surface area contributed by atoms with E-state index in [1.54, 1.807) is 0 Å². The number of aliphatic hydroxyl groups excluding tert-OH is 1. The van der Waals surface area contributed by atoms with Gasteiger partial charge in [-0.25, -0.2) is 4.39 Å². The molecule has 4 nitrogen and oxygen atoms in total. The molecule has 1 aromatic rings. The molecule has 20 heavy (non-hydrogen) atoms. The first-order chi connectivity index (χ1) is 9.30. The number of carbonyl (C=O) groups is 1. The van der Waals surface area contributed by atoms with Gasteiger partial charge in [0.15, 0.2) is 0 Å². The average molecular weight is 295 g/mol. The van der Waals surface area contributed by atoms with E-state index in [-0.39, 0.29) is 5.75 Å². The molecule has 0 fully saturated rings. The van der Waals surface area contributed by atoms with Crippen LogP contribution in [0.3, 0.4) is 0 Å². The number of aliphatic hydroxyl groups is 1. The second-order valence-corrected chi connectivity index (χ2v) is 3.88. The fraction of sp³-hybridized carbons (Fsp3) is 0.417. The van der Waals surface area contributed by atoms with Crippen LogP contribution in [0.2, 0.25) is 0 Å². The number of methoxy groups -OCH3 is 1. The molecule has 0 saturated carbocycles. The summed E-state index contributed by atoms with van der Waals surface area (Å²) >= 11 is 0. The maximum Gasteiger partial charge on any atom is 0.406 e. The fourth-order valence-corrected chi connectivity index (χ4v) is 1.63. The van der Waals surface area contributed by atoms with E-state index >= 15 is 0 Å². The number of halogens is 4. The van der Waals surface area contributed by atoms with E-state index < -0.39 is 43.2 Å². The van der Waals surface area contributed by atoms with Crippen LogP contribution in [0.15, 0.2) is 18.2 Å². The van der Waals surface area contributed by atoms with Gasteiger partial charge in [0.25, 0.3) is 5.91 Å². The second-order valence-electron chi connectivity index (χ2n) is 3.88. The molecule has 1 aromatic carbocycles. The smallest absolute Gasteiger partial charge is 0.406 e. The highest BCUT2D eigenvalue weighted by molar-refractivity contribution is 5.97. The number of hydrogen-bond acceptors (Lipinski definition) is 3. The Balaban J connectivity index is 3.12. The van der Waals surface area contributed by atoms with Crippen LogP contribution >= 0.6 is 0 Å². The standard InChI is InChI=1S/C12H13F4NO3/c1-20-9-4-2-3-8(13)10(9)11(19)17(5-6-18)7-12(14,15)16/h2-4,18H,5-7H2,1H3. The lowest BCUT2D eigenvalue weighted by atomic mass is 10.1. The molecule has 0 saturated heterocycles. The fourth-order valence-electron chi connectivity index (χ4n) is 1.63. The van der Waals surface area contributed by atoms with Crippen LogP contribution in [0.4, 0.5) is 17.6 Å². The summed E-state index contributed by atoms with van der Waals surface area (Å²) in [6.07, 6.45) is -4.65. The summed E-state index contributed by atoms with van der Waals surface area (Å²) in [5.74, 6) is -2.34. The zero-order valence-electron chi connectivity index (χ0n) is 10.6. The topological polar surface area (TPSA) is 49.8 Å². The summed E-state index contributed by atoms with van der Waals surface area (Å²) in [6.45, 7) is -2.81. The van der Waals surface area contributed by atoms with E-state index in [1.165, 1.54) is 19.2 Å². The third kappa shape index (κ3) is 4.09. The van der Waals surface area contributed by atoms with Crippen molar-refractivity contribution in [3.63, 3.8) is 0 Å². The number of carbonyl (C=O) groups excluding carboxylic acids is 1. The van der Waals surface area contributed by atoms with Crippen molar-refractivity contribution in [3.8, 4) is 5.75 Å². The Hall–Kier alpha value is -1.83. The van der Waals surface area contributed by atoms with Crippen LogP contribution in [0.5, 0.6) is 5.75 Å². The zero-order valence-corrected chi connectivity index (χ0v) is 10.6. The lowest BCUT2D eigenvalue weighted by Crippen LogP contribution is -2.41. The van der Waals surface area contributed by atoms with Gasteiger partial charge in [-0.3, -0.25) is 4.79 Å². The van der Waals surface area contributed by atoms with E-state index in [9.17, 15) is 22.4 Å². The molecule has 0 atom stereocenters. The van der Waals surface area contributed by atoms with Crippen LogP contribution in [-0.4, -0.2) is 48.9 Å². The summed E-state index contributed by atoms with van der Waals surface area (Å²) in [5, 5.41) is 8.74. The number of hydrogen-bond donors (Lipinski definition) is 1. The van der Waals surface area contributed by atoms with E-state index in [0.29, 0.717) is 4.90 Å². The van der Waals surface area contributed by atoms with Crippen molar-refractivity contribution in [1.82, 2.24) is 4.90 Å². The van der Waals surface area contributed by atoms with E-state index in [4.69, 9.17) is 9.84 Å². The number of benzene rings is 1.